The van der Waals surface area contributed by atoms with E-state index >= 15 is 0 Å². The third kappa shape index (κ3) is 4.52. The molecule has 0 heterocycles. The first-order chi connectivity index (χ1) is 13.4. The quantitative estimate of drug-likeness (QED) is 0.596. The van der Waals surface area contributed by atoms with Crippen LogP contribution in [0.25, 0.3) is 0 Å². The fourth-order valence-electron chi connectivity index (χ4n) is 2.56. The van der Waals surface area contributed by atoms with Crippen LogP contribution in [-0.4, -0.2) is 20.9 Å². The lowest BCUT2D eigenvalue weighted by Crippen LogP contribution is -2.40. The SMILES string of the molecule is Cc1ccc(S(=O)(=O)N(C(=O)COc2cccc(Cl)c2)c2ccccc2)cc1. The van der Waals surface area contributed by atoms with Crippen molar-refractivity contribution < 1.29 is 17.9 Å². The number of halogens is 1. The highest BCUT2D eigenvalue weighted by Crippen LogP contribution is 2.25. The monoisotopic (exact) mass is 415 g/mol. The number of aryl methyl sites for hydroxylation is 1. The molecule has 0 unspecified atom stereocenters. The summed E-state index contributed by atoms with van der Waals surface area (Å²) in [6, 6.07) is 21.1. The average Bonchev–Trinajstić information content (AvgIpc) is 2.67. The molecule has 0 aliphatic carbocycles. The summed E-state index contributed by atoms with van der Waals surface area (Å²) >= 11 is 5.91. The summed E-state index contributed by atoms with van der Waals surface area (Å²) in [6.07, 6.45) is 0. The van der Waals surface area contributed by atoms with Crippen LogP contribution in [0, 0.1) is 6.92 Å². The Hall–Kier alpha value is -2.83. The molecule has 3 rings (SSSR count). The van der Waals surface area contributed by atoms with E-state index in [1.165, 1.54) is 12.1 Å². The number of hydrogen-bond donors (Lipinski definition) is 0. The standard InChI is InChI=1S/C21H18ClNO4S/c1-16-10-12-20(13-11-16)28(25,26)23(18-7-3-2-4-8-18)21(24)15-27-19-9-5-6-17(22)14-19/h2-14H,15H2,1H3. The molecule has 0 N–H and O–H groups in total. The van der Waals surface area contributed by atoms with E-state index in [-0.39, 0.29) is 10.6 Å². The normalized spacial score (nSPS) is 11.1. The third-order valence-electron chi connectivity index (χ3n) is 3.93. The number of amides is 1. The van der Waals surface area contributed by atoms with Crippen molar-refractivity contribution >= 4 is 33.2 Å². The van der Waals surface area contributed by atoms with Gasteiger partial charge in [-0.25, -0.2) is 8.42 Å². The molecule has 0 spiro atoms. The van der Waals surface area contributed by atoms with Crippen LogP contribution in [0.5, 0.6) is 5.75 Å². The highest BCUT2D eigenvalue weighted by Gasteiger charge is 2.31. The number of carbonyl (C=O) groups excluding carboxylic acids is 1. The summed E-state index contributed by atoms with van der Waals surface area (Å²) in [4.78, 5) is 12.9. The summed E-state index contributed by atoms with van der Waals surface area (Å²) in [7, 11) is -4.10. The first kappa shape index (κ1) is 19.9. The maximum absolute atomic E-state index is 13.2. The van der Waals surface area contributed by atoms with E-state index in [0.717, 1.165) is 9.87 Å². The van der Waals surface area contributed by atoms with Gasteiger partial charge in [0.1, 0.15) is 5.75 Å². The molecule has 0 aliphatic heterocycles. The zero-order valence-corrected chi connectivity index (χ0v) is 16.7. The summed E-state index contributed by atoms with van der Waals surface area (Å²) < 4.78 is 32.6. The van der Waals surface area contributed by atoms with Crippen molar-refractivity contribution in [2.24, 2.45) is 0 Å². The molecule has 0 aliphatic rings. The van der Waals surface area contributed by atoms with Gasteiger partial charge in [-0.1, -0.05) is 53.6 Å². The molecule has 0 radical (unpaired) electrons. The smallest absolute Gasteiger partial charge is 0.278 e. The van der Waals surface area contributed by atoms with Crippen LogP contribution in [0.1, 0.15) is 5.56 Å². The zero-order chi connectivity index (χ0) is 20.1. The molecular formula is C21H18ClNO4S. The second kappa shape index (κ2) is 8.46. The Balaban J connectivity index is 1.93. The summed E-state index contributed by atoms with van der Waals surface area (Å²) in [5, 5.41) is 0.456. The van der Waals surface area contributed by atoms with E-state index in [1.54, 1.807) is 66.7 Å². The Morgan fingerprint density at radius 1 is 0.964 bits per heavy atom. The van der Waals surface area contributed by atoms with Crippen LogP contribution in [0.15, 0.2) is 83.8 Å². The number of benzene rings is 3. The van der Waals surface area contributed by atoms with Crippen LogP contribution in [0.3, 0.4) is 0 Å². The molecule has 0 saturated heterocycles. The van der Waals surface area contributed by atoms with E-state index < -0.39 is 22.5 Å². The van der Waals surface area contributed by atoms with Crippen molar-refractivity contribution in [1.82, 2.24) is 0 Å². The molecule has 7 heteroatoms. The first-order valence-corrected chi connectivity index (χ1v) is 10.3. The summed E-state index contributed by atoms with van der Waals surface area (Å²) in [5.74, 6) is -0.339. The van der Waals surface area contributed by atoms with Gasteiger partial charge in [0.25, 0.3) is 15.9 Å². The van der Waals surface area contributed by atoms with Gasteiger partial charge < -0.3 is 4.74 Å². The van der Waals surface area contributed by atoms with Crippen molar-refractivity contribution in [1.29, 1.82) is 0 Å². The topological polar surface area (TPSA) is 63.7 Å². The second-order valence-electron chi connectivity index (χ2n) is 6.06. The van der Waals surface area contributed by atoms with Crippen molar-refractivity contribution in [3.05, 3.63) is 89.4 Å². The van der Waals surface area contributed by atoms with Crippen LogP contribution in [-0.2, 0) is 14.8 Å². The zero-order valence-electron chi connectivity index (χ0n) is 15.1. The van der Waals surface area contributed by atoms with Crippen LogP contribution < -0.4 is 9.04 Å². The predicted octanol–water partition coefficient (Wildman–Crippen LogP) is 4.45. The fraction of sp³-hybridized carbons (Fsp3) is 0.0952. The molecule has 5 nitrogen and oxygen atoms in total. The molecule has 0 atom stereocenters. The molecular weight excluding hydrogens is 398 g/mol. The molecule has 0 aromatic heterocycles. The van der Waals surface area contributed by atoms with Crippen molar-refractivity contribution in [3.63, 3.8) is 0 Å². The highest BCUT2D eigenvalue weighted by molar-refractivity contribution is 7.93. The molecule has 28 heavy (non-hydrogen) atoms. The summed E-state index contributed by atoms with van der Waals surface area (Å²) in [5.41, 5.74) is 1.16. The average molecular weight is 416 g/mol. The molecule has 0 bridgehead atoms. The van der Waals surface area contributed by atoms with E-state index in [4.69, 9.17) is 16.3 Å². The number of carbonyl (C=O) groups is 1. The third-order valence-corrected chi connectivity index (χ3v) is 5.93. The van der Waals surface area contributed by atoms with Gasteiger partial charge >= 0.3 is 0 Å². The van der Waals surface area contributed by atoms with Crippen LogP contribution in [0.4, 0.5) is 5.69 Å². The molecule has 3 aromatic carbocycles. The Morgan fingerprint density at radius 3 is 2.29 bits per heavy atom. The van der Waals surface area contributed by atoms with Gasteiger partial charge in [0.15, 0.2) is 6.61 Å². The minimum atomic E-state index is -4.10. The number of para-hydroxylation sites is 1. The van der Waals surface area contributed by atoms with Crippen molar-refractivity contribution in [2.75, 3.05) is 10.9 Å². The Bertz CT molecular complexity index is 1070. The molecule has 0 fully saturated rings. The Morgan fingerprint density at radius 2 is 1.64 bits per heavy atom. The maximum atomic E-state index is 13.2. The number of hydrogen-bond acceptors (Lipinski definition) is 4. The molecule has 144 valence electrons. The predicted molar refractivity (Wildman–Crippen MR) is 109 cm³/mol. The lowest BCUT2D eigenvalue weighted by Gasteiger charge is -2.23. The first-order valence-electron chi connectivity index (χ1n) is 8.46. The van der Waals surface area contributed by atoms with Crippen LogP contribution in [0.2, 0.25) is 5.02 Å². The Labute approximate surface area is 169 Å². The van der Waals surface area contributed by atoms with Gasteiger partial charge in [-0.3, -0.25) is 4.79 Å². The number of sulfonamides is 1. The van der Waals surface area contributed by atoms with Gasteiger partial charge in [0.2, 0.25) is 0 Å². The lowest BCUT2D eigenvalue weighted by molar-refractivity contribution is -0.119. The summed E-state index contributed by atoms with van der Waals surface area (Å²) in [6.45, 7) is 1.40. The van der Waals surface area contributed by atoms with E-state index in [1.807, 2.05) is 6.92 Å². The minimum Gasteiger partial charge on any atom is -0.484 e. The fourth-order valence-corrected chi connectivity index (χ4v) is 4.15. The van der Waals surface area contributed by atoms with E-state index in [2.05, 4.69) is 0 Å². The number of rotatable bonds is 6. The number of ether oxygens (including phenoxy) is 1. The number of anilines is 1. The van der Waals surface area contributed by atoms with Crippen molar-refractivity contribution in [3.8, 4) is 5.75 Å². The molecule has 1 amide bonds. The van der Waals surface area contributed by atoms with Gasteiger partial charge in [0, 0.05) is 5.02 Å². The van der Waals surface area contributed by atoms with Gasteiger partial charge in [-0.05, 0) is 49.4 Å². The van der Waals surface area contributed by atoms with Gasteiger partial charge in [-0.15, -0.1) is 0 Å². The highest BCUT2D eigenvalue weighted by atomic mass is 35.5. The largest absolute Gasteiger partial charge is 0.484 e. The lowest BCUT2D eigenvalue weighted by atomic mass is 10.2. The van der Waals surface area contributed by atoms with Gasteiger partial charge in [0.05, 0.1) is 10.6 Å². The van der Waals surface area contributed by atoms with E-state index in [0.29, 0.717) is 10.8 Å². The Kier molecular flexibility index (Phi) is 6.02. The number of nitrogens with zero attached hydrogens (tertiary/aromatic N) is 1. The van der Waals surface area contributed by atoms with Crippen molar-refractivity contribution in [2.45, 2.75) is 11.8 Å². The van der Waals surface area contributed by atoms with Gasteiger partial charge in [-0.2, -0.15) is 4.31 Å². The molecule has 0 saturated carbocycles. The molecule has 3 aromatic rings. The minimum absolute atomic E-state index is 0.0260. The van der Waals surface area contributed by atoms with Crippen LogP contribution >= 0.6 is 11.6 Å². The maximum Gasteiger partial charge on any atom is 0.278 e. The second-order valence-corrected chi connectivity index (χ2v) is 8.28. The van der Waals surface area contributed by atoms with E-state index in [9.17, 15) is 13.2 Å².